The predicted octanol–water partition coefficient (Wildman–Crippen LogP) is 1.98. The van der Waals surface area contributed by atoms with Crippen LogP contribution >= 0.6 is 11.8 Å². The third-order valence-corrected chi connectivity index (χ3v) is 4.23. The molecule has 0 aromatic rings. The van der Waals surface area contributed by atoms with Crippen LogP contribution in [0.5, 0.6) is 0 Å². The van der Waals surface area contributed by atoms with E-state index >= 15 is 0 Å². The third kappa shape index (κ3) is 4.98. The highest BCUT2D eigenvalue weighted by molar-refractivity contribution is 8.00. The van der Waals surface area contributed by atoms with Crippen molar-refractivity contribution >= 4 is 23.6 Å². The van der Waals surface area contributed by atoms with E-state index in [0.29, 0.717) is 11.8 Å². The molecule has 0 aliphatic carbocycles. The number of hydrogen-bond donors (Lipinski definition) is 1. The van der Waals surface area contributed by atoms with E-state index in [1.807, 2.05) is 11.8 Å². The first-order valence-electron chi connectivity index (χ1n) is 6.13. The molecule has 1 rings (SSSR count). The standard InChI is InChI=1S/C12H21NO3S/c1-9-5-3-4-6-13(9)11(14)8-17-10(2)7-12(15)16/h9-10H,3-8H2,1-2H3,(H,15,16). The van der Waals surface area contributed by atoms with Crippen molar-refractivity contribution in [3.63, 3.8) is 0 Å². The van der Waals surface area contributed by atoms with E-state index in [1.165, 1.54) is 18.2 Å². The second kappa shape index (κ2) is 6.89. The molecule has 4 nitrogen and oxygen atoms in total. The van der Waals surface area contributed by atoms with Gasteiger partial charge in [0, 0.05) is 17.8 Å². The summed E-state index contributed by atoms with van der Waals surface area (Å²) in [6.45, 7) is 4.79. The number of carbonyl (C=O) groups is 2. The van der Waals surface area contributed by atoms with Crippen LogP contribution < -0.4 is 0 Å². The molecule has 1 aliphatic heterocycles. The molecule has 0 spiro atoms. The summed E-state index contributed by atoms with van der Waals surface area (Å²) in [5.74, 6) is -0.248. The second-order valence-corrected chi connectivity index (χ2v) is 6.08. The zero-order valence-corrected chi connectivity index (χ0v) is 11.3. The molecule has 17 heavy (non-hydrogen) atoms. The molecule has 5 heteroatoms. The van der Waals surface area contributed by atoms with Gasteiger partial charge in [-0.15, -0.1) is 11.8 Å². The number of thioether (sulfide) groups is 1. The predicted molar refractivity (Wildman–Crippen MR) is 69.2 cm³/mol. The minimum absolute atomic E-state index is 0.00320. The van der Waals surface area contributed by atoms with Crippen LogP contribution in [-0.2, 0) is 9.59 Å². The molecular formula is C12H21NO3S. The minimum atomic E-state index is -0.802. The maximum Gasteiger partial charge on any atom is 0.304 e. The molecule has 1 fully saturated rings. The monoisotopic (exact) mass is 259 g/mol. The molecule has 0 aromatic heterocycles. The maximum atomic E-state index is 12.0. The van der Waals surface area contributed by atoms with E-state index in [1.54, 1.807) is 0 Å². The molecule has 2 unspecified atom stereocenters. The van der Waals surface area contributed by atoms with Crippen LogP contribution in [0.2, 0.25) is 0 Å². The molecule has 1 aliphatic rings. The number of hydrogen-bond acceptors (Lipinski definition) is 3. The summed E-state index contributed by atoms with van der Waals surface area (Å²) >= 11 is 1.44. The van der Waals surface area contributed by atoms with Crippen LogP contribution in [-0.4, -0.2) is 45.5 Å². The van der Waals surface area contributed by atoms with Crippen molar-refractivity contribution in [3.8, 4) is 0 Å². The minimum Gasteiger partial charge on any atom is -0.481 e. The fourth-order valence-corrected chi connectivity index (χ4v) is 2.92. The van der Waals surface area contributed by atoms with Crippen molar-refractivity contribution in [2.24, 2.45) is 0 Å². The molecule has 1 amide bonds. The first kappa shape index (κ1) is 14.4. The summed E-state index contributed by atoms with van der Waals surface area (Å²) in [4.78, 5) is 24.4. The first-order valence-corrected chi connectivity index (χ1v) is 7.18. The van der Waals surface area contributed by atoms with Gasteiger partial charge in [-0.2, -0.15) is 0 Å². The van der Waals surface area contributed by atoms with Gasteiger partial charge in [0.25, 0.3) is 0 Å². The van der Waals surface area contributed by atoms with E-state index in [0.717, 1.165) is 19.4 Å². The van der Waals surface area contributed by atoms with Gasteiger partial charge in [-0.1, -0.05) is 6.92 Å². The number of carboxylic acids is 1. The SMILES string of the molecule is CC(CC(=O)O)SCC(=O)N1CCCCC1C. The highest BCUT2D eigenvalue weighted by Crippen LogP contribution is 2.20. The number of piperidine rings is 1. The lowest BCUT2D eigenvalue weighted by Gasteiger charge is -2.33. The molecule has 2 atom stereocenters. The van der Waals surface area contributed by atoms with Gasteiger partial charge in [-0.05, 0) is 26.2 Å². The molecule has 0 saturated carbocycles. The molecule has 98 valence electrons. The Balaban J connectivity index is 2.30. The Bertz CT molecular complexity index is 283. The number of carboxylic acid groups (broad SMARTS) is 1. The number of nitrogens with zero attached hydrogens (tertiary/aromatic N) is 1. The van der Waals surface area contributed by atoms with Gasteiger partial charge in [0.15, 0.2) is 0 Å². The molecule has 0 aromatic carbocycles. The van der Waals surface area contributed by atoms with Crippen LogP contribution in [0.1, 0.15) is 39.5 Å². The van der Waals surface area contributed by atoms with Crippen molar-refractivity contribution in [1.82, 2.24) is 4.90 Å². The van der Waals surface area contributed by atoms with Gasteiger partial charge in [0.1, 0.15) is 0 Å². The molecule has 1 saturated heterocycles. The van der Waals surface area contributed by atoms with Gasteiger partial charge in [-0.25, -0.2) is 0 Å². The number of carbonyl (C=O) groups excluding carboxylic acids is 1. The van der Waals surface area contributed by atoms with Crippen molar-refractivity contribution in [1.29, 1.82) is 0 Å². The van der Waals surface area contributed by atoms with Gasteiger partial charge in [-0.3, -0.25) is 9.59 Å². The summed E-state index contributed by atoms with van der Waals surface area (Å²) in [6, 6.07) is 0.339. The van der Waals surface area contributed by atoms with Crippen molar-refractivity contribution in [2.75, 3.05) is 12.3 Å². The Kier molecular flexibility index (Phi) is 5.82. The van der Waals surface area contributed by atoms with Crippen LogP contribution in [0.15, 0.2) is 0 Å². The second-order valence-electron chi connectivity index (χ2n) is 4.65. The van der Waals surface area contributed by atoms with Crippen LogP contribution in [0.4, 0.5) is 0 Å². The summed E-state index contributed by atoms with van der Waals surface area (Å²) in [5.41, 5.74) is 0. The zero-order chi connectivity index (χ0) is 12.8. The Hall–Kier alpha value is -0.710. The summed E-state index contributed by atoms with van der Waals surface area (Å²) < 4.78 is 0. The average molecular weight is 259 g/mol. The maximum absolute atomic E-state index is 12.0. The van der Waals surface area contributed by atoms with Gasteiger partial charge < -0.3 is 10.0 Å². The molecule has 1 heterocycles. The van der Waals surface area contributed by atoms with E-state index in [-0.39, 0.29) is 17.6 Å². The van der Waals surface area contributed by atoms with E-state index < -0.39 is 5.97 Å². The fraction of sp³-hybridized carbons (Fsp3) is 0.833. The lowest BCUT2D eigenvalue weighted by Crippen LogP contribution is -2.43. The Labute approximate surface area is 107 Å². The highest BCUT2D eigenvalue weighted by atomic mass is 32.2. The van der Waals surface area contributed by atoms with E-state index in [9.17, 15) is 9.59 Å². The number of amides is 1. The van der Waals surface area contributed by atoms with Crippen molar-refractivity contribution in [3.05, 3.63) is 0 Å². The van der Waals surface area contributed by atoms with Crippen LogP contribution in [0.25, 0.3) is 0 Å². The largest absolute Gasteiger partial charge is 0.481 e. The number of rotatable bonds is 5. The van der Waals surface area contributed by atoms with Crippen LogP contribution in [0.3, 0.4) is 0 Å². The quantitative estimate of drug-likeness (QED) is 0.820. The lowest BCUT2D eigenvalue weighted by atomic mass is 10.0. The smallest absolute Gasteiger partial charge is 0.304 e. The number of likely N-dealkylation sites (tertiary alicyclic amines) is 1. The summed E-state index contributed by atoms with van der Waals surface area (Å²) in [5, 5.41) is 8.63. The first-order chi connectivity index (χ1) is 8.00. The third-order valence-electron chi connectivity index (χ3n) is 3.08. The fourth-order valence-electron chi connectivity index (χ4n) is 2.07. The van der Waals surface area contributed by atoms with E-state index in [4.69, 9.17) is 5.11 Å². The number of aliphatic carboxylic acids is 1. The molecule has 0 bridgehead atoms. The molecular weight excluding hydrogens is 238 g/mol. The Morgan fingerprint density at radius 1 is 1.47 bits per heavy atom. The van der Waals surface area contributed by atoms with Gasteiger partial charge in [0.2, 0.25) is 5.91 Å². The van der Waals surface area contributed by atoms with Gasteiger partial charge in [0.05, 0.1) is 12.2 Å². The highest BCUT2D eigenvalue weighted by Gasteiger charge is 2.23. The van der Waals surface area contributed by atoms with Crippen molar-refractivity contribution in [2.45, 2.75) is 50.8 Å². The topological polar surface area (TPSA) is 57.6 Å². The van der Waals surface area contributed by atoms with Crippen LogP contribution in [0, 0.1) is 0 Å². The molecule has 0 radical (unpaired) electrons. The van der Waals surface area contributed by atoms with E-state index in [2.05, 4.69) is 6.92 Å². The Morgan fingerprint density at radius 2 is 2.18 bits per heavy atom. The normalized spacial score (nSPS) is 22.2. The summed E-state index contributed by atoms with van der Waals surface area (Å²) in [6.07, 6.45) is 3.49. The van der Waals surface area contributed by atoms with Crippen molar-refractivity contribution < 1.29 is 14.7 Å². The van der Waals surface area contributed by atoms with Gasteiger partial charge >= 0.3 is 5.97 Å². The summed E-state index contributed by atoms with van der Waals surface area (Å²) in [7, 11) is 0. The molecule has 1 N–H and O–H groups in total. The lowest BCUT2D eigenvalue weighted by molar-refractivity contribution is -0.137. The average Bonchev–Trinajstić information content (AvgIpc) is 2.25. The zero-order valence-electron chi connectivity index (χ0n) is 10.5. The Morgan fingerprint density at radius 3 is 2.76 bits per heavy atom.